The number of carbonyl (C=O) groups excluding carboxylic acids is 1. The fraction of sp³-hybridized carbons (Fsp3) is 0.217. The zero-order chi connectivity index (χ0) is 20.9. The van der Waals surface area contributed by atoms with Gasteiger partial charge in [0.2, 0.25) is 5.95 Å². The van der Waals surface area contributed by atoms with Gasteiger partial charge in [0.1, 0.15) is 11.6 Å². The monoisotopic (exact) mass is 406 g/mol. The van der Waals surface area contributed by atoms with Gasteiger partial charge in [0.25, 0.3) is 5.91 Å². The van der Waals surface area contributed by atoms with E-state index in [4.69, 9.17) is 4.74 Å². The Morgan fingerprint density at radius 1 is 0.933 bits per heavy atom. The lowest BCUT2D eigenvalue weighted by atomic mass is 10.2. The first kappa shape index (κ1) is 19.7. The maximum absolute atomic E-state index is 13.4. The molecule has 3 aromatic rings. The molecule has 2 aromatic carbocycles. The maximum atomic E-state index is 13.4. The van der Waals surface area contributed by atoms with Crippen molar-refractivity contribution < 1.29 is 13.9 Å². The summed E-state index contributed by atoms with van der Waals surface area (Å²) in [7, 11) is 1.59. The second-order valence-corrected chi connectivity index (χ2v) is 7.02. The number of hydrogen-bond acceptors (Lipinski definition) is 5. The molecule has 0 radical (unpaired) electrons. The van der Waals surface area contributed by atoms with Crippen LogP contribution in [-0.2, 0) is 0 Å². The number of amides is 1. The third-order valence-corrected chi connectivity index (χ3v) is 5.15. The van der Waals surface area contributed by atoms with E-state index in [-0.39, 0.29) is 5.91 Å². The van der Waals surface area contributed by atoms with E-state index in [1.807, 2.05) is 30.3 Å². The number of carbonyl (C=O) groups is 1. The molecule has 1 aliphatic rings. The van der Waals surface area contributed by atoms with Crippen LogP contribution in [-0.4, -0.2) is 44.2 Å². The molecule has 6 nitrogen and oxygen atoms in total. The molecule has 2 heterocycles. The smallest absolute Gasteiger partial charge is 0.255 e. The minimum absolute atomic E-state index is 0.165. The van der Waals surface area contributed by atoms with Crippen molar-refractivity contribution >= 4 is 23.1 Å². The highest BCUT2D eigenvalue weighted by molar-refractivity contribution is 6.04. The third kappa shape index (κ3) is 4.51. The number of hydrogen-bond donors (Lipinski definition) is 1. The molecule has 30 heavy (non-hydrogen) atoms. The van der Waals surface area contributed by atoms with Crippen molar-refractivity contribution in [2.24, 2.45) is 0 Å². The van der Waals surface area contributed by atoms with Crippen LogP contribution >= 0.6 is 0 Å². The Hall–Kier alpha value is -3.61. The van der Waals surface area contributed by atoms with Gasteiger partial charge in [-0.15, -0.1) is 0 Å². The summed E-state index contributed by atoms with van der Waals surface area (Å²) in [6, 6.07) is 19.7. The molecule has 1 amide bonds. The molecule has 0 unspecified atom stereocenters. The normalized spacial score (nSPS) is 13.8. The van der Waals surface area contributed by atoms with Crippen LogP contribution in [0.2, 0.25) is 0 Å². The second kappa shape index (κ2) is 8.82. The van der Waals surface area contributed by atoms with Crippen LogP contribution in [0.15, 0.2) is 66.7 Å². The maximum Gasteiger partial charge on any atom is 0.255 e. The number of ether oxygens (including phenoxy) is 1. The molecule has 1 fully saturated rings. The molecular formula is C23H23FN4O2. The van der Waals surface area contributed by atoms with Crippen molar-refractivity contribution in [2.45, 2.75) is 0 Å². The number of benzene rings is 2. The Morgan fingerprint density at radius 2 is 1.60 bits per heavy atom. The summed E-state index contributed by atoms with van der Waals surface area (Å²) < 4.78 is 18.5. The van der Waals surface area contributed by atoms with Crippen LogP contribution in [0.25, 0.3) is 0 Å². The van der Waals surface area contributed by atoms with E-state index in [1.54, 1.807) is 37.4 Å². The minimum Gasteiger partial charge on any atom is -0.497 e. The largest absolute Gasteiger partial charge is 0.497 e. The van der Waals surface area contributed by atoms with Gasteiger partial charge in [-0.3, -0.25) is 4.79 Å². The van der Waals surface area contributed by atoms with Gasteiger partial charge < -0.3 is 19.9 Å². The van der Waals surface area contributed by atoms with Gasteiger partial charge in [-0.05, 0) is 60.7 Å². The lowest BCUT2D eigenvalue weighted by molar-refractivity contribution is 0.102. The van der Waals surface area contributed by atoms with Crippen molar-refractivity contribution in [3.05, 3.63) is 78.2 Å². The molecule has 0 spiro atoms. The molecule has 4 rings (SSSR count). The zero-order valence-corrected chi connectivity index (χ0v) is 16.7. The number of nitrogens with one attached hydrogen (secondary N) is 1. The van der Waals surface area contributed by atoms with Gasteiger partial charge >= 0.3 is 0 Å². The number of anilines is 3. The number of aromatic nitrogens is 1. The predicted molar refractivity (Wildman–Crippen MR) is 116 cm³/mol. The summed E-state index contributed by atoms with van der Waals surface area (Å²) in [6.45, 7) is 3.17. The number of piperazine rings is 1. The highest BCUT2D eigenvalue weighted by Gasteiger charge is 2.18. The van der Waals surface area contributed by atoms with Gasteiger partial charge in [-0.25, -0.2) is 4.98 Å². The summed E-state index contributed by atoms with van der Waals surface area (Å²) in [5.74, 6) is 0.763. The Kier molecular flexibility index (Phi) is 5.79. The molecule has 1 saturated heterocycles. The lowest BCUT2D eigenvalue weighted by Crippen LogP contribution is -2.46. The lowest BCUT2D eigenvalue weighted by Gasteiger charge is -2.36. The number of pyridine rings is 1. The Balaban J connectivity index is 1.34. The van der Waals surface area contributed by atoms with Gasteiger partial charge in [-0.1, -0.05) is 6.07 Å². The fourth-order valence-electron chi connectivity index (χ4n) is 3.47. The average molecular weight is 406 g/mol. The second-order valence-electron chi connectivity index (χ2n) is 7.02. The minimum atomic E-state index is -0.456. The van der Waals surface area contributed by atoms with E-state index in [2.05, 4.69) is 20.1 Å². The quantitative estimate of drug-likeness (QED) is 0.653. The highest BCUT2D eigenvalue weighted by Crippen LogP contribution is 2.22. The number of rotatable bonds is 5. The fourth-order valence-corrected chi connectivity index (χ4v) is 3.47. The van der Waals surface area contributed by atoms with Crippen molar-refractivity contribution in [2.75, 3.05) is 48.4 Å². The summed E-state index contributed by atoms with van der Waals surface area (Å²) in [5.41, 5.74) is 2.40. The SMILES string of the molecule is COc1ccc(C(=O)Nc2ccc(N3CCN(c4cccc(F)n4)CC3)cc2)cc1. The third-order valence-electron chi connectivity index (χ3n) is 5.15. The molecule has 1 aromatic heterocycles. The van der Waals surface area contributed by atoms with Crippen LogP contribution in [0.3, 0.4) is 0 Å². The van der Waals surface area contributed by atoms with E-state index in [1.165, 1.54) is 6.07 Å². The first-order valence-electron chi connectivity index (χ1n) is 9.80. The van der Waals surface area contributed by atoms with Crippen molar-refractivity contribution in [3.63, 3.8) is 0 Å². The molecule has 154 valence electrons. The van der Waals surface area contributed by atoms with E-state index < -0.39 is 5.95 Å². The molecule has 0 saturated carbocycles. The van der Waals surface area contributed by atoms with Gasteiger partial charge in [0, 0.05) is 43.1 Å². The first-order chi connectivity index (χ1) is 14.6. The van der Waals surface area contributed by atoms with Crippen molar-refractivity contribution in [3.8, 4) is 5.75 Å². The van der Waals surface area contributed by atoms with E-state index in [0.29, 0.717) is 17.1 Å². The zero-order valence-electron chi connectivity index (χ0n) is 16.7. The standard InChI is InChI=1S/C23H23FN4O2/c1-30-20-11-5-17(6-12-20)23(29)25-18-7-9-19(10-8-18)27-13-15-28(16-14-27)22-4-2-3-21(24)26-22/h2-12H,13-16H2,1H3,(H,25,29). The summed E-state index contributed by atoms with van der Waals surface area (Å²) in [5, 5.41) is 2.91. The average Bonchev–Trinajstić information content (AvgIpc) is 2.80. The van der Waals surface area contributed by atoms with Gasteiger partial charge in [0.15, 0.2) is 0 Å². The predicted octanol–water partition coefficient (Wildman–Crippen LogP) is 3.81. The molecule has 0 atom stereocenters. The van der Waals surface area contributed by atoms with Gasteiger partial charge in [-0.2, -0.15) is 4.39 Å². The Labute approximate surface area is 174 Å². The molecule has 0 aliphatic carbocycles. The van der Waals surface area contributed by atoms with Crippen molar-refractivity contribution in [1.82, 2.24) is 4.98 Å². The first-order valence-corrected chi connectivity index (χ1v) is 9.80. The number of nitrogens with zero attached hydrogens (tertiary/aromatic N) is 3. The van der Waals surface area contributed by atoms with E-state index >= 15 is 0 Å². The van der Waals surface area contributed by atoms with Crippen LogP contribution in [0, 0.1) is 5.95 Å². The summed E-state index contributed by atoms with van der Waals surface area (Å²) in [6.07, 6.45) is 0. The highest BCUT2D eigenvalue weighted by atomic mass is 19.1. The van der Waals surface area contributed by atoms with Crippen LogP contribution < -0.4 is 19.9 Å². The van der Waals surface area contributed by atoms with Crippen LogP contribution in [0.4, 0.5) is 21.6 Å². The molecule has 1 N–H and O–H groups in total. The summed E-state index contributed by atoms with van der Waals surface area (Å²) in [4.78, 5) is 20.7. The van der Waals surface area contributed by atoms with E-state index in [9.17, 15) is 9.18 Å². The molecule has 7 heteroatoms. The number of methoxy groups -OCH3 is 1. The molecular weight excluding hydrogens is 383 g/mol. The summed E-state index contributed by atoms with van der Waals surface area (Å²) >= 11 is 0. The Bertz CT molecular complexity index is 1000. The number of halogens is 1. The van der Waals surface area contributed by atoms with Crippen LogP contribution in [0.1, 0.15) is 10.4 Å². The van der Waals surface area contributed by atoms with Gasteiger partial charge in [0.05, 0.1) is 7.11 Å². The van der Waals surface area contributed by atoms with Crippen LogP contribution in [0.5, 0.6) is 5.75 Å². The van der Waals surface area contributed by atoms with E-state index in [0.717, 1.165) is 37.6 Å². The molecule has 1 aliphatic heterocycles. The topological polar surface area (TPSA) is 57.7 Å². The Morgan fingerprint density at radius 3 is 2.23 bits per heavy atom. The molecule has 0 bridgehead atoms. The van der Waals surface area contributed by atoms with Crippen molar-refractivity contribution in [1.29, 1.82) is 0 Å².